The van der Waals surface area contributed by atoms with Crippen molar-refractivity contribution in [3.8, 4) is 0 Å². The van der Waals surface area contributed by atoms with E-state index in [4.69, 9.17) is 15.6 Å². The summed E-state index contributed by atoms with van der Waals surface area (Å²) in [5, 5.41) is 8.87. The maximum atomic E-state index is 10.8. The standard InChI is InChI=1S/C13H25NO3/c1-12(2)6-4-10(5-7-12)17-9-8-13(3,14)11(15)16/h10H,4-9,14H2,1-3H3,(H,15,16). The average Bonchev–Trinajstić information content (AvgIpc) is 2.20. The molecule has 1 atom stereocenters. The maximum Gasteiger partial charge on any atom is 0.323 e. The van der Waals surface area contributed by atoms with Gasteiger partial charge in [-0.25, -0.2) is 0 Å². The predicted octanol–water partition coefficient (Wildman–Crippen LogP) is 2.16. The fourth-order valence-corrected chi connectivity index (χ4v) is 2.08. The summed E-state index contributed by atoms with van der Waals surface area (Å²) in [5.41, 5.74) is 4.90. The van der Waals surface area contributed by atoms with Gasteiger partial charge in [0.1, 0.15) is 5.54 Å². The number of nitrogens with two attached hydrogens (primary N) is 1. The van der Waals surface area contributed by atoms with E-state index >= 15 is 0 Å². The van der Waals surface area contributed by atoms with Gasteiger partial charge >= 0.3 is 5.97 Å². The third kappa shape index (κ3) is 4.64. The first-order valence-corrected chi connectivity index (χ1v) is 6.37. The molecule has 0 saturated heterocycles. The maximum absolute atomic E-state index is 10.8. The van der Waals surface area contributed by atoms with E-state index in [-0.39, 0.29) is 6.10 Å². The van der Waals surface area contributed by atoms with E-state index in [0.717, 1.165) is 12.8 Å². The van der Waals surface area contributed by atoms with Crippen molar-refractivity contribution in [2.24, 2.45) is 11.1 Å². The van der Waals surface area contributed by atoms with Crippen LogP contribution in [0.2, 0.25) is 0 Å². The number of carbonyl (C=O) groups is 1. The lowest BCUT2D eigenvalue weighted by atomic mass is 9.76. The number of rotatable bonds is 5. The highest BCUT2D eigenvalue weighted by molar-refractivity contribution is 5.77. The second-order valence-corrected chi connectivity index (χ2v) is 6.21. The van der Waals surface area contributed by atoms with Gasteiger partial charge in [-0.2, -0.15) is 0 Å². The van der Waals surface area contributed by atoms with Crippen LogP contribution >= 0.6 is 0 Å². The van der Waals surface area contributed by atoms with Crippen molar-refractivity contribution in [1.82, 2.24) is 0 Å². The Labute approximate surface area is 104 Å². The molecule has 100 valence electrons. The van der Waals surface area contributed by atoms with Gasteiger partial charge in [-0.1, -0.05) is 13.8 Å². The summed E-state index contributed by atoms with van der Waals surface area (Å²) in [5.74, 6) is -0.967. The molecule has 0 spiro atoms. The molecular formula is C13H25NO3. The Morgan fingerprint density at radius 2 is 2.00 bits per heavy atom. The quantitative estimate of drug-likeness (QED) is 0.776. The fourth-order valence-electron chi connectivity index (χ4n) is 2.08. The molecule has 0 aromatic rings. The van der Waals surface area contributed by atoms with Crippen molar-refractivity contribution in [2.45, 2.75) is 64.5 Å². The Morgan fingerprint density at radius 1 is 1.47 bits per heavy atom. The van der Waals surface area contributed by atoms with Crippen LogP contribution in [0.5, 0.6) is 0 Å². The lowest BCUT2D eigenvalue weighted by Gasteiger charge is -2.34. The zero-order chi connectivity index (χ0) is 13.1. The summed E-state index contributed by atoms with van der Waals surface area (Å²) in [6.07, 6.45) is 5.14. The summed E-state index contributed by atoms with van der Waals surface area (Å²) in [6, 6.07) is 0. The van der Waals surface area contributed by atoms with E-state index in [2.05, 4.69) is 13.8 Å². The normalized spacial score (nSPS) is 24.2. The molecule has 0 heterocycles. The van der Waals surface area contributed by atoms with Gasteiger partial charge < -0.3 is 15.6 Å². The molecule has 0 aliphatic heterocycles. The number of carboxylic acid groups (broad SMARTS) is 1. The molecule has 17 heavy (non-hydrogen) atoms. The van der Waals surface area contributed by atoms with Crippen LogP contribution in [-0.4, -0.2) is 29.3 Å². The number of aliphatic carboxylic acids is 1. The molecule has 3 N–H and O–H groups in total. The van der Waals surface area contributed by atoms with E-state index < -0.39 is 11.5 Å². The van der Waals surface area contributed by atoms with Crippen molar-refractivity contribution in [2.75, 3.05) is 6.61 Å². The zero-order valence-corrected chi connectivity index (χ0v) is 11.2. The lowest BCUT2D eigenvalue weighted by molar-refractivity contribution is -0.143. The highest BCUT2D eigenvalue weighted by atomic mass is 16.5. The van der Waals surface area contributed by atoms with E-state index in [1.165, 1.54) is 19.8 Å². The van der Waals surface area contributed by atoms with Crippen molar-refractivity contribution in [3.05, 3.63) is 0 Å². The molecule has 4 nitrogen and oxygen atoms in total. The van der Waals surface area contributed by atoms with Crippen LogP contribution in [0.4, 0.5) is 0 Å². The van der Waals surface area contributed by atoms with Crippen LogP contribution in [0.3, 0.4) is 0 Å². The lowest BCUT2D eigenvalue weighted by Crippen LogP contribution is -2.46. The van der Waals surface area contributed by atoms with E-state index in [1.807, 2.05) is 0 Å². The molecule has 0 aromatic heterocycles. The van der Waals surface area contributed by atoms with Crippen LogP contribution in [-0.2, 0) is 9.53 Å². The van der Waals surface area contributed by atoms with Gasteiger partial charge in [0.05, 0.1) is 6.10 Å². The molecular weight excluding hydrogens is 218 g/mol. The van der Waals surface area contributed by atoms with Gasteiger partial charge in [0.15, 0.2) is 0 Å². The van der Waals surface area contributed by atoms with E-state index in [1.54, 1.807) is 0 Å². The molecule has 1 rings (SSSR count). The topological polar surface area (TPSA) is 72.5 Å². The van der Waals surface area contributed by atoms with Gasteiger partial charge in [-0.3, -0.25) is 4.79 Å². The Bertz CT molecular complexity index is 264. The molecule has 0 amide bonds. The average molecular weight is 243 g/mol. The fraction of sp³-hybridized carbons (Fsp3) is 0.923. The summed E-state index contributed by atoms with van der Waals surface area (Å²) in [6.45, 7) is 6.53. The molecule has 0 radical (unpaired) electrons. The first-order valence-electron chi connectivity index (χ1n) is 6.37. The molecule has 1 aliphatic carbocycles. The van der Waals surface area contributed by atoms with Crippen molar-refractivity contribution >= 4 is 5.97 Å². The number of carboxylic acids is 1. The second kappa shape index (κ2) is 5.36. The largest absolute Gasteiger partial charge is 0.480 e. The van der Waals surface area contributed by atoms with Gasteiger partial charge in [-0.05, 0) is 44.4 Å². The molecule has 0 aromatic carbocycles. The monoisotopic (exact) mass is 243 g/mol. The molecule has 1 unspecified atom stereocenters. The summed E-state index contributed by atoms with van der Waals surface area (Å²) < 4.78 is 5.72. The summed E-state index contributed by atoms with van der Waals surface area (Å²) >= 11 is 0. The van der Waals surface area contributed by atoms with Crippen LogP contribution in [0.25, 0.3) is 0 Å². The van der Waals surface area contributed by atoms with Crippen LogP contribution in [0.1, 0.15) is 52.9 Å². The second-order valence-electron chi connectivity index (χ2n) is 6.21. The minimum atomic E-state index is -1.17. The van der Waals surface area contributed by atoms with Gasteiger partial charge in [0.25, 0.3) is 0 Å². The summed E-state index contributed by atoms with van der Waals surface area (Å²) in [4.78, 5) is 10.8. The van der Waals surface area contributed by atoms with Crippen LogP contribution in [0.15, 0.2) is 0 Å². The highest BCUT2D eigenvalue weighted by Gasteiger charge is 2.30. The number of hydrogen-bond donors (Lipinski definition) is 2. The molecule has 1 aliphatic rings. The SMILES string of the molecule is CC1(C)CCC(OCCC(C)(N)C(=O)O)CC1. The van der Waals surface area contributed by atoms with E-state index in [9.17, 15) is 4.79 Å². The molecule has 1 fully saturated rings. The zero-order valence-electron chi connectivity index (χ0n) is 11.2. The van der Waals surface area contributed by atoms with Crippen molar-refractivity contribution < 1.29 is 14.6 Å². The van der Waals surface area contributed by atoms with Crippen LogP contribution in [0, 0.1) is 5.41 Å². The Kier molecular flexibility index (Phi) is 4.55. The minimum Gasteiger partial charge on any atom is -0.480 e. The smallest absolute Gasteiger partial charge is 0.323 e. The molecule has 4 heteroatoms. The van der Waals surface area contributed by atoms with Crippen molar-refractivity contribution in [1.29, 1.82) is 0 Å². The molecule has 0 bridgehead atoms. The van der Waals surface area contributed by atoms with Crippen LogP contribution < -0.4 is 5.73 Å². The number of hydrogen-bond acceptors (Lipinski definition) is 3. The van der Waals surface area contributed by atoms with Crippen molar-refractivity contribution in [3.63, 3.8) is 0 Å². The minimum absolute atomic E-state index is 0.285. The predicted molar refractivity (Wildman–Crippen MR) is 66.8 cm³/mol. The Hall–Kier alpha value is -0.610. The third-order valence-corrected chi connectivity index (χ3v) is 3.75. The number of ether oxygens (including phenoxy) is 1. The van der Waals surface area contributed by atoms with Gasteiger partial charge in [-0.15, -0.1) is 0 Å². The first kappa shape index (κ1) is 14.5. The molecule has 1 saturated carbocycles. The Balaban J connectivity index is 2.23. The highest BCUT2D eigenvalue weighted by Crippen LogP contribution is 2.36. The van der Waals surface area contributed by atoms with Gasteiger partial charge in [0, 0.05) is 6.61 Å². The first-order chi connectivity index (χ1) is 7.73. The summed E-state index contributed by atoms with van der Waals surface area (Å²) in [7, 11) is 0. The Morgan fingerprint density at radius 3 is 2.47 bits per heavy atom. The van der Waals surface area contributed by atoms with Gasteiger partial charge in [0.2, 0.25) is 0 Å². The van der Waals surface area contributed by atoms with E-state index in [0.29, 0.717) is 18.4 Å². The third-order valence-electron chi connectivity index (χ3n) is 3.75.